The summed E-state index contributed by atoms with van der Waals surface area (Å²) in [7, 11) is 1.75. The Labute approximate surface area is 95.3 Å². The third-order valence-corrected chi connectivity index (χ3v) is 2.20. The molecule has 84 valence electrons. The number of halogens is 2. The molecule has 2 nitrogen and oxygen atoms in total. The maximum absolute atomic E-state index is 12.6. The third-order valence-electron chi connectivity index (χ3n) is 2.20. The second-order valence-electron chi connectivity index (χ2n) is 3.12. The van der Waals surface area contributed by atoms with Crippen LogP contribution in [0.5, 0.6) is 0 Å². The van der Waals surface area contributed by atoms with Crippen LogP contribution < -0.4 is 5.32 Å². The molecule has 0 aliphatic heterocycles. The Balaban J connectivity index is 0.00000196. The van der Waals surface area contributed by atoms with Crippen LogP contribution in [0.4, 0.5) is 4.39 Å². The van der Waals surface area contributed by atoms with E-state index in [1.165, 1.54) is 24.3 Å². The van der Waals surface area contributed by atoms with Gasteiger partial charge < -0.3 is 5.32 Å². The highest BCUT2D eigenvalue weighted by molar-refractivity contribution is 6.00. The lowest BCUT2D eigenvalue weighted by atomic mass is 10.0. The summed E-state index contributed by atoms with van der Waals surface area (Å²) in [6.07, 6.45) is 0.729. The number of carbonyl (C=O) groups is 1. The monoisotopic (exact) mass is 231 g/mol. The Morgan fingerprint density at radius 3 is 2.33 bits per heavy atom. The lowest BCUT2D eigenvalue weighted by molar-refractivity contribution is 0.0945. The van der Waals surface area contributed by atoms with Gasteiger partial charge in [-0.3, -0.25) is 4.79 Å². The molecule has 0 spiro atoms. The van der Waals surface area contributed by atoms with Crippen molar-refractivity contribution in [2.45, 2.75) is 19.4 Å². The molecular formula is C11H15ClFNO. The second-order valence-corrected chi connectivity index (χ2v) is 3.12. The molecule has 0 saturated heterocycles. The third kappa shape index (κ3) is 3.61. The Bertz CT molecular complexity index is 309. The number of Topliss-reactive ketones (excluding diaryl/α,β-unsaturated/α-hetero) is 1. The van der Waals surface area contributed by atoms with Crippen LogP contribution in [0.1, 0.15) is 23.7 Å². The molecule has 1 rings (SSSR count). The highest BCUT2D eigenvalue weighted by Gasteiger charge is 2.15. The van der Waals surface area contributed by atoms with Crippen LogP contribution in [0, 0.1) is 5.82 Å². The van der Waals surface area contributed by atoms with Gasteiger partial charge in [-0.25, -0.2) is 4.39 Å². The Kier molecular flexibility index (Phi) is 6.13. The summed E-state index contributed by atoms with van der Waals surface area (Å²) in [4.78, 5) is 11.7. The minimum Gasteiger partial charge on any atom is -0.310 e. The normalized spacial score (nSPS) is 11.7. The number of nitrogens with one attached hydrogen (secondary N) is 1. The maximum Gasteiger partial charge on any atom is 0.179 e. The summed E-state index contributed by atoms with van der Waals surface area (Å²) in [5.74, 6) is -0.311. The van der Waals surface area contributed by atoms with Crippen molar-refractivity contribution in [1.29, 1.82) is 0 Å². The van der Waals surface area contributed by atoms with E-state index in [0.29, 0.717) is 5.56 Å². The molecule has 1 N–H and O–H groups in total. The summed E-state index contributed by atoms with van der Waals surface area (Å²) in [5.41, 5.74) is 0.549. The first-order valence-corrected chi connectivity index (χ1v) is 4.66. The molecule has 0 aliphatic carbocycles. The van der Waals surface area contributed by atoms with E-state index in [1.54, 1.807) is 7.05 Å². The molecule has 0 saturated carbocycles. The van der Waals surface area contributed by atoms with E-state index >= 15 is 0 Å². The Morgan fingerprint density at radius 1 is 1.40 bits per heavy atom. The summed E-state index contributed by atoms with van der Waals surface area (Å²) < 4.78 is 12.6. The van der Waals surface area contributed by atoms with Crippen LogP contribution in [-0.4, -0.2) is 18.9 Å². The Morgan fingerprint density at radius 2 is 1.93 bits per heavy atom. The van der Waals surface area contributed by atoms with Crippen LogP contribution >= 0.6 is 12.4 Å². The first-order valence-electron chi connectivity index (χ1n) is 4.66. The van der Waals surface area contributed by atoms with Gasteiger partial charge in [0, 0.05) is 5.56 Å². The van der Waals surface area contributed by atoms with Crippen LogP contribution in [0.3, 0.4) is 0 Å². The first kappa shape index (κ1) is 14.1. The summed E-state index contributed by atoms with van der Waals surface area (Å²) in [6, 6.07) is 5.45. The van der Waals surface area contributed by atoms with Gasteiger partial charge in [0.2, 0.25) is 0 Å². The maximum atomic E-state index is 12.6. The van der Waals surface area contributed by atoms with Crippen molar-refractivity contribution in [3.05, 3.63) is 35.6 Å². The number of ketones is 1. The van der Waals surface area contributed by atoms with Gasteiger partial charge in [-0.1, -0.05) is 6.92 Å². The van der Waals surface area contributed by atoms with Crippen molar-refractivity contribution in [2.75, 3.05) is 7.05 Å². The van der Waals surface area contributed by atoms with Crippen molar-refractivity contribution in [3.63, 3.8) is 0 Å². The fourth-order valence-electron chi connectivity index (χ4n) is 1.34. The van der Waals surface area contributed by atoms with Crippen molar-refractivity contribution in [2.24, 2.45) is 0 Å². The molecule has 1 atom stereocenters. The van der Waals surface area contributed by atoms with Gasteiger partial charge in [0.05, 0.1) is 6.04 Å². The van der Waals surface area contributed by atoms with Gasteiger partial charge in [-0.2, -0.15) is 0 Å². The van der Waals surface area contributed by atoms with E-state index in [1.807, 2.05) is 6.92 Å². The SMILES string of the molecule is CCC(NC)C(=O)c1ccc(F)cc1.Cl. The average molecular weight is 232 g/mol. The predicted octanol–water partition coefficient (Wildman–Crippen LogP) is 2.43. The molecule has 0 amide bonds. The predicted molar refractivity (Wildman–Crippen MR) is 61.1 cm³/mol. The standard InChI is InChI=1S/C11H14FNO.ClH/c1-3-10(13-2)11(14)8-4-6-9(12)7-5-8;/h4-7,10,13H,3H2,1-2H3;1H. The lowest BCUT2D eigenvalue weighted by Crippen LogP contribution is -2.33. The number of carbonyl (C=O) groups excluding carboxylic acids is 1. The van der Waals surface area contributed by atoms with E-state index in [4.69, 9.17) is 0 Å². The molecule has 0 fully saturated rings. The summed E-state index contributed by atoms with van der Waals surface area (Å²) in [6.45, 7) is 1.93. The van der Waals surface area contributed by atoms with E-state index in [-0.39, 0.29) is 30.0 Å². The molecule has 4 heteroatoms. The van der Waals surface area contributed by atoms with E-state index in [9.17, 15) is 9.18 Å². The molecule has 1 aromatic carbocycles. The van der Waals surface area contributed by atoms with Crippen molar-refractivity contribution in [1.82, 2.24) is 5.32 Å². The fourth-order valence-corrected chi connectivity index (χ4v) is 1.34. The minimum atomic E-state index is -0.320. The van der Waals surface area contributed by atoms with Crippen LogP contribution in [0.15, 0.2) is 24.3 Å². The van der Waals surface area contributed by atoms with Gasteiger partial charge >= 0.3 is 0 Å². The zero-order valence-corrected chi connectivity index (χ0v) is 9.60. The fraction of sp³-hybridized carbons (Fsp3) is 0.364. The quantitative estimate of drug-likeness (QED) is 0.807. The van der Waals surface area contributed by atoms with Gasteiger partial charge in [-0.05, 0) is 37.7 Å². The van der Waals surface area contributed by atoms with E-state index < -0.39 is 0 Å². The Hall–Kier alpha value is -0.930. The minimum absolute atomic E-state index is 0. The molecule has 15 heavy (non-hydrogen) atoms. The number of hydrogen-bond acceptors (Lipinski definition) is 2. The van der Waals surface area contributed by atoms with Gasteiger partial charge in [0.15, 0.2) is 5.78 Å². The largest absolute Gasteiger partial charge is 0.310 e. The van der Waals surface area contributed by atoms with Gasteiger partial charge in [-0.15, -0.1) is 12.4 Å². The number of rotatable bonds is 4. The lowest BCUT2D eigenvalue weighted by Gasteiger charge is -2.11. The molecule has 0 radical (unpaired) electrons. The van der Waals surface area contributed by atoms with Gasteiger partial charge in [0.25, 0.3) is 0 Å². The van der Waals surface area contributed by atoms with Crippen LogP contribution in [-0.2, 0) is 0 Å². The molecule has 0 bridgehead atoms. The summed E-state index contributed by atoms with van der Waals surface area (Å²) in [5, 5.41) is 2.92. The first-order chi connectivity index (χ1) is 6.69. The van der Waals surface area contributed by atoms with Gasteiger partial charge in [0.1, 0.15) is 5.82 Å². The molecule has 0 aromatic heterocycles. The highest BCUT2D eigenvalue weighted by Crippen LogP contribution is 2.07. The highest BCUT2D eigenvalue weighted by atomic mass is 35.5. The van der Waals surface area contributed by atoms with Crippen molar-refractivity contribution >= 4 is 18.2 Å². The van der Waals surface area contributed by atoms with E-state index in [0.717, 1.165) is 6.42 Å². The zero-order chi connectivity index (χ0) is 10.6. The van der Waals surface area contributed by atoms with Crippen molar-refractivity contribution in [3.8, 4) is 0 Å². The zero-order valence-electron chi connectivity index (χ0n) is 8.79. The number of benzene rings is 1. The molecular weight excluding hydrogens is 217 g/mol. The molecule has 0 heterocycles. The topological polar surface area (TPSA) is 29.1 Å². The molecule has 1 aromatic rings. The van der Waals surface area contributed by atoms with Crippen LogP contribution in [0.2, 0.25) is 0 Å². The second kappa shape index (κ2) is 6.53. The number of likely N-dealkylation sites (N-methyl/N-ethyl adjacent to an activating group) is 1. The molecule has 0 aliphatic rings. The van der Waals surface area contributed by atoms with E-state index in [2.05, 4.69) is 5.32 Å². The summed E-state index contributed by atoms with van der Waals surface area (Å²) >= 11 is 0. The number of hydrogen-bond donors (Lipinski definition) is 1. The smallest absolute Gasteiger partial charge is 0.179 e. The van der Waals surface area contributed by atoms with Crippen molar-refractivity contribution < 1.29 is 9.18 Å². The average Bonchev–Trinajstić information content (AvgIpc) is 2.20. The molecule has 1 unspecified atom stereocenters. The van der Waals surface area contributed by atoms with Crippen LogP contribution in [0.25, 0.3) is 0 Å².